The summed E-state index contributed by atoms with van der Waals surface area (Å²) in [4.78, 5) is 43.6. The monoisotopic (exact) mass is 420 g/mol. The van der Waals surface area contributed by atoms with Crippen LogP contribution in [0.5, 0.6) is 0 Å². The van der Waals surface area contributed by atoms with Crippen molar-refractivity contribution in [3.63, 3.8) is 0 Å². The fraction of sp³-hybridized carbons (Fsp3) is 0.273. The number of para-hydroxylation sites is 1. The van der Waals surface area contributed by atoms with Crippen LogP contribution in [-0.4, -0.2) is 62.4 Å². The van der Waals surface area contributed by atoms with Crippen LogP contribution in [0.2, 0.25) is 0 Å². The number of rotatable bonds is 4. The lowest BCUT2D eigenvalue weighted by Crippen LogP contribution is -2.63. The topological polar surface area (TPSA) is 120 Å². The third-order valence-corrected chi connectivity index (χ3v) is 6.11. The van der Waals surface area contributed by atoms with Gasteiger partial charge in [-0.1, -0.05) is 30.3 Å². The molecule has 2 aliphatic rings. The molecule has 1 fully saturated rings. The van der Waals surface area contributed by atoms with Crippen molar-refractivity contribution in [2.75, 3.05) is 19.7 Å². The second kappa shape index (κ2) is 7.21. The molecule has 31 heavy (non-hydrogen) atoms. The molecule has 3 heterocycles. The highest BCUT2D eigenvalue weighted by Gasteiger charge is 2.48. The highest BCUT2D eigenvalue weighted by atomic mass is 16.6. The first-order valence-electron chi connectivity index (χ1n) is 10.0. The van der Waals surface area contributed by atoms with E-state index in [0.29, 0.717) is 12.0 Å². The quantitative estimate of drug-likeness (QED) is 0.492. The molecule has 2 atom stereocenters. The van der Waals surface area contributed by atoms with Crippen LogP contribution in [0.3, 0.4) is 0 Å². The molecule has 0 radical (unpaired) electrons. The molecule has 0 saturated carbocycles. The number of piperazine rings is 1. The van der Waals surface area contributed by atoms with E-state index in [1.165, 1.54) is 17.0 Å². The van der Waals surface area contributed by atoms with Crippen LogP contribution in [0.25, 0.3) is 10.9 Å². The Morgan fingerprint density at radius 1 is 1.16 bits per heavy atom. The SMILES string of the molecule is O=C1[C@H]2Cc3c([nH]c4ccccc34)[C@H](c3cccc([N+](=O)[O-])c3)N2C(=O)CN1CCO. The van der Waals surface area contributed by atoms with Crippen molar-refractivity contribution in [1.29, 1.82) is 0 Å². The van der Waals surface area contributed by atoms with Gasteiger partial charge in [0.15, 0.2) is 0 Å². The van der Waals surface area contributed by atoms with E-state index in [1.807, 2.05) is 24.3 Å². The lowest BCUT2D eigenvalue weighted by molar-refractivity contribution is -0.384. The maximum atomic E-state index is 13.2. The molecular formula is C22H20N4O5. The number of nitrogens with zero attached hydrogens (tertiary/aromatic N) is 3. The Morgan fingerprint density at radius 2 is 1.97 bits per heavy atom. The van der Waals surface area contributed by atoms with Gasteiger partial charge in [-0.2, -0.15) is 0 Å². The Hall–Kier alpha value is -3.72. The number of aromatic nitrogens is 1. The molecule has 1 saturated heterocycles. The molecular weight excluding hydrogens is 400 g/mol. The van der Waals surface area contributed by atoms with Crippen molar-refractivity contribution in [2.45, 2.75) is 18.5 Å². The molecule has 2 N–H and O–H groups in total. The maximum Gasteiger partial charge on any atom is 0.269 e. The number of β-amino-alcohol motifs (C(OH)–C–C–N with tert-alkyl or cyclic N) is 1. The average molecular weight is 420 g/mol. The third-order valence-electron chi connectivity index (χ3n) is 6.11. The Labute approximate surface area is 177 Å². The van der Waals surface area contributed by atoms with E-state index in [-0.39, 0.29) is 37.2 Å². The van der Waals surface area contributed by atoms with Gasteiger partial charge in [-0.15, -0.1) is 0 Å². The number of hydrogen-bond donors (Lipinski definition) is 2. The molecule has 2 aliphatic heterocycles. The van der Waals surface area contributed by atoms with E-state index in [0.717, 1.165) is 22.2 Å². The first-order chi connectivity index (χ1) is 15.0. The predicted molar refractivity (Wildman–Crippen MR) is 111 cm³/mol. The van der Waals surface area contributed by atoms with Crippen molar-refractivity contribution >= 4 is 28.4 Å². The first kappa shape index (κ1) is 19.3. The summed E-state index contributed by atoms with van der Waals surface area (Å²) < 4.78 is 0. The van der Waals surface area contributed by atoms with Crippen molar-refractivity contribution in [1.82, 2.24) is 14.8 Å². The minimum atomic E-state index is -0.733. The maximum absolute atomic E-state index is 13.2. The van der Waals surface area contributed by atoms with Crippen LogP contribution in [-0.2, 0) is 16.0 Å². The van der Waals surface area contributed by atoms with Gasteiger partial charge in [0.25, 0.3) is 5.69 Å². The molecule has 3 aromatic rings. The number of nitro benzene ring substituents is 1. The largest absolute Gasteiger partial charge is 0.395 e. The van der Waals surface area contributed by atoms with E-state index in [2.05, 4.69) is 4.98 Å². The summed E-state index contributed by atoms with van der Waals surface area (Å²) in [7, 11) is 0. The molecule has 9 nitrogen and oxygen atoms in total. The Kier molecular flexibility index (Phi) is 4.48. The zero-order valence-electron chi connectivity index (χ0n) is 16.5. The summed E-state index contributed by atoms with van der Waals surface area (Å²) in [5.74, 6) is -0.473. The predicted octanol–water partition coefficient (Wildman–Crippen LogP) is 1.75. The van der Waals surface area contributed by atoms with Gasteiger partial charge < -0.3 is 19.9 Å². The molecule has 2 aromatic carbocycles. The number of hydrogen-bond acceptors (Lipinski definition) is 5. The molecule has 0 unspecified atom stereocenters. The van der Waals surface area contributed by atoms with Gasteiger partial charge in [-0.25, -0.2) is 0 Å². The summed E-state index contributed by atoms with van der Waals surface area (Å²) in [5, 5.41) is 21.6. The van der Waals surface area contributed by atoms with E-state index in [4.69, 9.17) is 0 Å². The molecule has 0 bridgehead atoms. The molecule has 9 heteroatoms. The fourth-order valence-corrected chi connectivity index (χ4v) is 4.79. The number of aliphatic hydroxyl groups excluding tert-OH is 1. The van der Waals surface area contributed by atoms with E-state index in [9.17, 15) is 24.8 Å². The van der Waals surface area contributed by atoms with Gasteiger partial charge in [0.2, 0.25) is 11.8 Å². The van der Waals surface area contributed by atoms with E-state index >= 15 is 0 Å². The van der Waals surface area contributed by atoms with Crippen molar-refractivity contribution in [3.8, 4) is 0 Å². The normalized spacial score (nSPS) is 20.7. The van der Waals surface area contributed by atoms with Crippen LogP contribution >= 0.6 is 0 Å². The number of aromatic amines is 1. The van der Waals surface area contributed by atoms with Crippen molar-refractivity contribution < 1.29 is 19.6 Å². The second-order valence-electron chi connectivity index (χ2n) is 7.82. The van der Waals surface area contributed by atoms with Gasteiger partial charge >= 0.3 is 0 Å². The number of fused-ring (bicyclic) bond motifs is 4. The summed E-state index contributed by atoms with van der Waals surface area (Å²) in [5.41, 5.74) is 3.09. The highest BCUT2D eigenvalue weighted by molar-refractivity contribution is 5.97. The molecule has 5 rings (SSSR count). The summed E-state index contributed by atoms with van der Waals surface area (Å²) in [6.45, 7) is -0.258. The minimum Gasteiger partial charge on any atom is -0.395 e. The van der Waals surface area contributed by atoms with Crippen LogP contribution < -0.4 is 0 Å². The van der Waals surface area contributed by atoms with Crippen LogP contribution in [0, 0.1) is 10.1 Å². The zero-order valence-corrected chi connectivity index (χ0v) is 16.5. The van der Waals surface area contributed by atoms with Gasteiger partial charge in [-0.05, 0) is 17.2 Å². The summed E-state index contributed by atoms with van der Waals surface area (Å²) in [6.07, 6.45) is 0.345. The number of amides is 2. The summed E-state index contributed by atoms with van der Waals surface area (Å²) >= 11 is 0. The molecule has 1 aromatic heterocycles. The fourth-order valence-electron chi connectivity index (χ4n) is 4.79. The molecule has 0 aliphatic carbocycles. The minimum absolute atomic E-state index is 0.0741. The van der Waals surface area contributed by atoms with E-state index < -0.39 is 17.0 Å². The van der Waals surface area contributed by atoms with Crippen LogP contribution in [0.4, 0.5) is 5.69 Å². The number of aliphatic hydroxyl groups is 1. The Balaban J connectivity index is 1.71. The smallest absolute Gasteiger partial charge is 0.269 e. The number of carbonyl (C=O) groups is 2. The Morgan fingerprint density at radius 3 is 2.74 bits per heavy atom. The lowest BCUT2D eigenvalue weighted by Gasteiger charge is -2.47. The standard InChI is InChI=1S/C22H20N4O5/c27-9-8-24-12-19(28)25-18(22(24)29)11-16-15-6-1-2-7-17(15)23-20(16)21(25)13-4-3-5-14(10-13)26(30)31/h1-7,10,18,21,23,27H,8-9,11-12H2/t18-,21+/m1/s1. The zero-order chi connectivity index (χ0) is 21.7. The van der Waals surface area contributed by atoms with Crippen LogP contribution in [0.15, 0.2) is 48.5 Å². The molecule has 2 amide bonds. The van der Waals surface area contributed by atoms with Crippen molar-refractivity contribution in [2.24, 2.45) is 0 Å². The second-order valence-corrected chi connectivity index (χ2v) is 7.82. The lowest BCUT2D eigenvalue weighted by atomic mass is 9.86. The van der Waals surface area contributed by atoms with Crippen molar-refractivity contribution in [3.05, 3.63) is 75.5 Å². The number of non-ortho nitro benzene ring substituents is 1. The number of nitrogens with one attached hydrogen (secondary N) is 1. The first-order valence-corrected chi connectivity index (χ1v) is 10.0. The number of H-pyrrole nitrogens is 1. The van der Waals surface area contributed by atoms with Gasteiger partial charge in [0.1, 0.15) is 6.04 Å². The third kappa shape index (κ3) is 2.97. The van der Waals surface area contributed by atoms with Gasteiger partial charge in [0, 0.05) is 41.7 Å². The summed E-state index contributed by atoms with van der Waals surface area (Å²) in [6, 6.07) is 12.5. The van der Waals surface area contributed by atoms with E-state index in [1.54, 1.807) is 17.0 Å². The average Bonchev–Trinajstić information content (AvgIpc) is 3.14. The number of carbonyl (C=O) groups excluding carboxylic acids is 2. The molecule has 0 spiro atoms. The van der Waals surface area contributed by atoms with Crippen LogP contribution in [0.1, 0.15) is 22.9 Å². The Bertz CT molecular complexity index is 1220. The highest BCUT2D eigenvalue weighted by Crippen LogP contribution is 2.43. The number of benzene rings is 2. The van der Waals surface area contributed by atoms with Gasteiger partial charge in [-0.3, -0.25) is 19.7 Å². The molecule has 158 valence electrons. The van der Waals surface area contributed by atoms with Gasteiger partial charge in [0.05, 0.1) is 24.1 Å². The number of nitro groups is 1.